The summed E-state index contributed by atoms with van der Waals surface area (Å²) in [6, 6.07) is 3.50. The van der Waals surface area contributed by atoms with Crippen LogP contribution < -0.4 is 10.0 Å². The fourth-order valence-electron chi connectivity index (χ4n) is 1.60. The van der Waals surface area contributed by atoms with Gasteiger partial charge in [-0.15, -0.1) is 16.4 Å². The maximum Gasteiger partial charge on any atom is 0.250 e. The molecule has 0 saturated heterocycles. The molecule has 0 saturated carbocycles. The molecule has 0 unspecified atom stereocenters. The lowest BCUT2D eigenvalue weighted by atomic mass is 10.3. The molecule has 0 bridgehead atoms. The normalized spacial score (nSPS) is 11.8. The first-order chi connectivity index (χ1) is 9.62. The highest BCUT2D eigenvalue weighted by Gasteiger charge is 2.16. The number of thiophene rings is 1. The van der Waals surface area contributed by atoms with Gasteiger partial charge in [-0.3, -0.25) is 4.68 Å². The highest BCUT2D eigenvalue weighted by molar-refractivity contribution is 7.91. The highest BCUT2D eigenvalue weighted by Crippen LogP contribution is 2.21. The summed E-state index contributed by atoms with van der Waals surface area (Å²) in [6.07, 6.45) is 4.08. The third-order valence-corrected chi connectivity index (χ3v) is 5.73. The SMILES string of the molecule is CNCCc1ccc(S(=O)(=O)NCCn2ccnn2)s1. The van der Waals surface area contributed by atoms with Gasteiger partial charge in [-0.05, 0) is 32.1 Å². The number of aromatic nitrogens is 3. The molecule has 2 heterocycles. The lowest BCUT2D eigenvalue weighted by molar-refractivity contribution is 0.554. The Balaban J connectivity index is 1.90. The Morgan fingerprint density at radius 2 is 2.20 bits per heavy atom. The molecule has 2 rings (SSSR count). The molecule has 2 N–H and O–H groups in total. The topological polar surface area (TPSA) is 88.9 Å². The average molecular weight is 315 g/mol. The van der Waals surface area contributed by atoms with Crippen LogP contribution in [0.4, 0.5) is 0 Å². The quantitative estimate of drug-likeness (QED) is 0.720. The zero-order valence-electron chi connectivity index (χ0n) is 11.1. The Kier molecular flexibility index (Phi) is 5.24. The zero-order valence-corrected chi connectivity index (χ0v) is 12.7. The Labute approximate surface area is 122 Å². The minimum atomic E-state index is -3.43. The molecule has 0 aromatic carbocycles. The van der Waals surface area contributed by atoms with Crippen LogP contribution in [-0.2, 0) is 23.0 Å². The summed E-state index contributed by atoms with van der Waals surface area (Å²) in [6.45, 7) is 1.58. The average Bonchev–Trinajstić information content (AvgIpc) is 3.07. The Morgan fingerprint density at radius 3 is 2.90 bits per heavy atom. The fraction of sp³-hybridized carbons (Fsp3) is 0.455. The van der Waals surface area contributed by atoms with Crippen molar-refractivity contribution in [3.05, 3.63) is 29.4 Å². The minimum Gasteiger partial charge on any atom is -0.319 e. The summed E-state index contributed by atoms with van der Waals surface area (Å²) in [5.41, 5.74) is 0. The second-order valence-corrected chi connectivity index (χ2v) is 7.30. The van der Waals surface area contributed by atoms with Gasteiger partial charge in [0.1, 0.15) is 4.21 Å². The Morgan fingerprint density at radius 1 is 1.35 bits per heavy atom. The second kappa shape index (κ2) is 6.93. The van der Waals surface area contributed by atoms with Crippen LogP contribution in [0.5, 0.6) is 0 Å². The van der Waals surface area contributed by atoms with Crippen LogP contribution in [0.2, 0.25) is 0 Å². The van der Waals surface area contributed by atoms with Gasteiger partial charge in [-0.1, -0.05) is 5.21 Å². The molecule has 0 amide bonds. The Bertz CT molecular complexity index is 621. The van der Waals surface area contributed by atoms with Gasteiger partial charge < -0.3 is 5.32 Å². The summed E-state index contributed by atoms with van der Waals surface area (Å²) >= 11 is 1.30. The molecule has 7 nitrogen and oxygen atoms in total. The molecule has 110 valence electrons. The van der Waals surface area contributed by atoms with Gasteiger partial charge in [0.05, 0.1) is 12.7 Å². The minimum absolute atomic E-state index is 0.287. The molecule has 0 radical (unpaired) electrons. The molecule has 2 aromatic rings. The van der Waals surface area contributed by atoms with E-state index in [9.17, 15) is 8.42 Å². The molecule has 20 heavy (non-hydrogen) atoms. The number of nitrogens with zero attached hydrogens (tertiary/aromatic N) is 3. The van der Waals surface area contributed by atoms with Crippen molar-refractivity contribution < 1.29 is 8.42 Å². The van der Waals surface area contributed by atoms with Gasteiger partial charge in [-0.25, -0.2) is 13.1 Å². The van der Waals surface area contributed by atoms with Crippen LogP contribution >= 0.6 is 11.3 Å². The maximum absolute atomic E-state index is 12.1. The van der Waals surface area contributed by atoms with Crippen LogP contribution in [0, 0.1) is 0 Å². The fourth-order valence-corrected chi connectivity index (χ4v) is 4.02. The first-order valence-electron chi connectivity index (χ1n) is 6.19. The predicted octanol–water partition coefficient (Wildman–Crippen LogP) is 0.0800. The lowest BCUT2D eigenvalue weighted by Gasteiger charge is -2.04. The van der Waals surface area contributed by atoms with Gasteiger partial charge in [0.15, 0.2) is 0 Å². The smallest absolute Gasteiger partial charge is 0.250 e. The predicted molar refractivity (Wildman–Crippen MR) is 77.2 cm³/mol. The highest BCUT2D eigenvalue weighted by atomic mass is 32.2. The van der Waals surface area contributed by atoms with Crippen LogP contribution in [0.1, 0.15) is 4.88 Å². The molecule has 0 atom stereocenters. The first-order valence-corrected chi connectivity index (χ1v) is 8.49. The number of sulfonamides is 1. The zero-order chi connectivity index (χ0) is 14.4. The van der Waals surface area contributed by atoms with Crippen LogP contribution in [-0.4, -0.2) is 43.5 Å². The standard InChI is InChI=1S/C11H17N5O2S2/c1-12-5-4-10-2-3-11(19-10)20(17,18)14-7-9-16-8-6-13-15-16/h2-3,6,8,12,14H,4-5,7,9H2,1H3. The number of nitrogens with one attached hydrogen (secondary N) is 2. The number of rotatable bonds is 8. The maximum atomic E-state index is 12.1. The Hall–Kier alpha value is -1.29. The molecular weight excluding hydrogens is 298 g/mol. The molecule has 2 aromatic heterocycles. The second-order valence-electron chi connectivity index (χ2n) is 4.14. The van der Waals surface area contributed by atoms with Crippen LogP contribution in [0.3, 0.4) is 0 Å². The van der Waals surface area contributed by atoms with Gasteiger partial charge in [0.25, 0.3) is 0 Å². The summed E-state index contributed by atoms with van der Waals surface area (Å²) in [4.78, 5) is 1.05. The molecule has 0 aliphatic heterocycles. The van der Waals surface area contributed by atoms with Gasteiger partial charge in [-0.2, -0.15) is 0 Å². The van der Waals surface area contributed by atoms with Crippen LogP contribution in [0.25, 0.3) is 0 Å². The van der Waals surface area contributed by atoms with Gasteiger partial charge in [0, 0.05) is 17.6 Å². The third-order valence-electron chi connectivity index (χ3n) is 2.63. The van der Waals surface area contributed by atoms with Crippen molar-refractivity contribution in [1.29, 1.82) is 0 Å². The van der Waals surface area contributed by atoms with E-state index in [-0.39, 0.29) is 6.54 Å². The third kappa shape index (κ3) is 4.10. The summed E-state index contributed by atoms with van der Waals surface area (Å²) in [5, 5.41) is 10.5. The molecule has 0 aliphatic rings. The number of hydrogen-bond donors (Lipinski definition) is 2. The molecule has 9 heteroatoms. The van der Waals surface area contributed by atoms with Crippen molar-refractivity contribution in [2.45, 2.75) is 17.2 Å². The van der Waals surface area contributed by atoms with E-state index in [1.54, 1.807) is 23.1 Å². The van der Waals surface area contributed by atoms with Crippen molar-refractivity contribution in [3.8, 4) is 0 Å². The van der Waals surface area contributed by atoms with E-state index < -0.39 is 10.0 Å². The van der Waals surface area contributed by atoms with Crippen molar-refractivity contribution in [2.75, 3.05) is 20.1 Å². The summed E-state index contributed by atoms with van der Waals surface area (Å²) in [5.74, 6) is 0. The molecule has 0 fully saturated rings. The van der Waals surface area contributed by atoms with Crippen LogP contribution in [0.15, 0.2) is 28.7 Å². The summed E-state index contributed by atoms with van der Waals surface area (Å²) < 4.78 is 28.7. The van der Waals surface area contributed by atoms with Crippen molar-refractivity contribution in [2.24, 2.45) is 0 Å². The van der Waals surface area contributed by atoms with E-state index in [1.165, 1.54) is 11.3 Å². The van der Waals surface area contributed by atoms with E-state index in [4.69, 9.17) is 0 Å². The number of hydrogen-bond acceptors (Lipinski definition) is 6. The summed E-state index contributed by atoms with van der Waals surface area (Å²) in [7, 11) is -1.56. The molecule has 0 spiro atoms. The van der Waals surface area contributed by atoms with Crippen molar-refractivity contribution in [3.63, 3.8) is 0 Å². The van der Waals surface area contributed by atoms with E-state index in [1.807, 2.05) is 13.1 Å². The van der Waals surface area contributed by atoms with E-state index in [0.717, 1.165) is 17.8 Å². The van der Waals surface area contributed by atoms with Gasteiger partial charge in [0.2, 0.25) is 10.0 Å². The molecular formula is C11H17N5O2S2. The van der Waals surface area contributed by atoms with E-state index in [0.29, 0.717) is 10.8 Å². The van der Waals surface area contributed by atoms with Gasteiger partial charge >= 0.3 is 0 Å². The van der Waals surface area contributed by atoms with Crippen molar-refractivity contribution >= 4 is 21.4 Å². The van der Waals surface area contributed by atoms with Crippen molar-refractivity contribution in [1.82, 2.24) is 25.0 Å². The van der Waals surface area contributed by atoms with E-state index in [2.05, 4.69) is 20.4 Å². The lowest BCUT2D eigenvalue weighted by Crippen LogP contribution is -2.27. The monoisotopic (exact) mass is 315 g/mol. The first kappa shape index (κ1) is 15.1. The molecule has 0 aliphatic carbocycles. The number of likely N-dealkylation sites (N-methyl/N-ethyl adjacent to an activating group) is 1. The largest absolute Gasteiger partial charge is 0.319 e. The van der Waals surface area contributed by atoms with E-state index >= 15 is 0 Å².